The third-order valence-corrected chi connectivity index (χ3v) is 3.60. The second-order valence-electron chi connectivity index (χ2n) is 5.83. The highest BCUT2D eigenvalue weighted by atomic mass is 19.4. The van der Waals surface area contributed by atoms with E-state index in [4.69, 9.17) is 4.74 Å². The van der Waals surface area contributed by atoms with Crippen LogP contribution in [0.25, 0.3) is 0 Å². The van der Waals surface area contributed by atoms with Crippen molar-refractivity contribution in [2.24, 2.45) is 0 Å². The number of hydrogen-bond acceptors (Lipinski definition) is 2. The molecule has 1 unspecified atom stereocenters. The molecule has 1 heterocycles. The van der Waals surface area contributed by atoms with Crippen LogP contribution in [0.5, 0.6) is 0 Å². The van der Waals surface area contributed by atoms with Gasteiger partial charge in [-0.15, -0.1) is 0 Å². The van der Waals surface area contributed by atoms with E-state index in [1.54, 1.807) is 6.07 Å². The molecule has 20 heavy (non-hydrogen) atoms. The predicted molar refractivity (Wildman–Crippen MR) is 71.3 cm³/mol. The van der Waals surface area contributed by atoms with Gasteiger partial charge in [0.25, 0.3) is 0 Å². The maximum atomic E-state index is 12.9. The summed E-state index contributed by atoms with van der Waals surface area (Å²) in [5.74, 6) is 0. The van der Waals surface area contributed by atoms with Crippen LogP contribution in [0.3, 0.4) is 0 Å². The Morgan fingerprint density at radius 1 is 1.30 bits per heavy atom. The molecule has 0 amide bonds. The van der Waals surface area contributed by atoms with Gasteiger partial charge in [0.05, 0.1) is 11.2 Å². The Morgan fingerprint density at radius 3 is 2.65 bits per heavy atom. The van der Waals surface area contributed by atoms with Crippen molar-refractivity contribution in [2.75, 3.05) is 6.61 Å². The standard InChI is InChI=1S/C15H20F3NO/c1-14(2)9-12(7-8-20-14)19-10-11-5-3-4-6-13(11)15(16,17)18/h3-6,12,19H,7-10H2,1-2H3. The van der Waals surface area contributed by atoms with Gasteiger partial charge >= 0.3 is 6.18 Å². The van der Waals surface area contributed by atoms with E-state index in [-0.39, 0.29) is 18.2 Å². The third kappa shape index (κ3) is 3.96. The van der Waals surface area contributed by atoms with Gasteiger partial charge in [0.15, 0.2) is 0 Å². The van der Waals surface area contributed by atoms with Crippen molar-refractivity contribution in [1.29, 1.82) is 0 Å². The zero-order valence-corrected chi connectivity index (χ0v) is 11.8. The number of hydrogen-bond donors (Lipinski definition) is 1. The van der Waals surface area contributed by atoms with Gasteiger partial charge < -0.3 is 10.1 Å². The van der Waals surface area contributed by atoms with Crippen LogP contribution in [0.2, 0.25) is 0 Å². The second-order valence-corrected chi connectivity index (χ2v) is 5.83. The molecule has 5 heteroatoms. The average molecular weight is 287 g/mol. The monoisotopic (exact) mass is 287 g/mol. The van der Waals surface area contributed by atoms with Crippen molar-refractivity contribution in [3.63, 3.8) is 0 Å². The molecular weight excluding hydrogens is 267 g/mol. The van der Waals surface area contributed by atoms with Gasteiger partial charge in [0.2, 0.25) is 0 Å². The van der Waals surface area contributed by atoms with Crippen LogP contribution in [0, 0.1) is 0 Å². The highest BCUT2D eigenvalue weighted by Gasteiger charge is 2.33. The molecule has 2 rings (SSSR count). The molecule has 1 fully saturated rings. The Balaban J connectivity index is 2.01. The summed E-state index contributed by atoms with van der Waals surface area (Å²) in [4.78, 5) is 0. The topological polar surface area (TPSA) is 21.3 Å². The van der Waals surface area contributed by atoms with Crippen LogP contribution < -0.4 is 5.32 Å². The maximum Gasteiger partial charge on any atom is 0.416 e. The smallest absolute Gasteiger partial charge is 0.375 e. The summed E-state index contributed by atoms with van der Waals surface area (Å²) in [6, 6.07) is 5.91. The van der Waals surface area contributed by atoms with E-state index in [0.717, 1.165) is 18.9 Å². The first-order valence-electron chi connectivity index (χ1n) is 6.80. The fourth-order valence-corrected chi connectivity index (χ4v) is 2.61. The average Bonchev–Trinajstić information content (AvgIpc) is 2.34. The fraction of sp³-hybridized carbons (Fsp3) is 0.600. The van der Waals surface area contributed by atoms with Gasteiger partial charge in [-0.05, 0) is 38.3 Å². The molecule has 0 radical (unpaired) electrons. The van der Waals surface area contributed by atoms with Crippen molar-refractivity contribution in [1.82, 2.24) is 5.32 Å². The van der Waals surface area contributed by atoms with E-state index < -0.39 is 11.7 Å². The Morgan fingerprint density at radius 2 is 2.00 bits per heavy atom. The molecule has 0 aliphatic carbocycles. The van der Waals surface area contributed by atoms with E-state index in [0.29, 0.717) is 12.2 Å². The normalized spacial score (nSPS) is 22.8. The van der Waals surface area contributed by atoms with Gasteiger partial charge in [0.1, 0.15) is 0 Å². The van der Waals surface area contributed by atoms with Gasteiger partial charge in [-0.1, -0.05) is 18.2 Å². The molecule has 1 saturated heterocycles. The Labute approximate surface area is 117 Å². The molecule has 1 aromatic rings. The number of ether oxygens (including phenoxy) is 1. The zero-order valence-electron chi connectivity index (χ0n) is 11.8. The lowest BCUT2D eigenvalue weighted by Gasteiger charge is -2.36. The molecule has 1 aliphatic heterocycles. The summed E-state index contributed by atoms with van der Waals surface area (Å²) in [5.41, 5.74) is -0.470. The van der Waals surface area contributed by atoms with E-state index in [1.807, 2.05) is 13.8 Å². The molecule has 1 N–H and O–H groups in total. The molecule has 0 spiro atoms. The SMILES string of the molecule is CC1(C)CC(NCc2ccccc2C(F)(F)F)CCO1. The quantitative estimate of drug-likeness (QED) is 0.914. The van der Waals surface area contributed by atoms with Gasteiger partial charge in [-0.25, -0.2) is 0 Å². The van der Waals surface area contributed by atoms with Crippen LogP contribution >= 0.6 is 0 Å². The lowest BCUT2D eigenvalue weighted by molar-refractivity contribution is -0.138. The van der Waals surface area contributed by atoms with Gasteiger partial charge in [0, 0.05) is 19.2 Å². The third-order valence-electron chi connectivity index (χ3n) is 3.60. The number of benzene rings is 1. The van der Waals surface area contributed by atoms with Crippen LogP contribution in [-0.4, -0.2) is 18.2 Å². The molecule has 2 nitrogen and oxygen atoms in total. The second kappa shape index (κ2) is 5.74. The molecule has 0 bridgehead atoms. The van der Waals surface area contributed by atoms with E-state index in [9.17, 15) is 13.2 Å². The van der Waals surface area contributed by atoms with E-state index in [2.05, 4.69) is 5.32 Å². The minimum Gasteiger partial charge on any atom is -0.375 e. The molecule has 1 aliphatic rings. The Bertz CT molecular complexity index is 457. The number of halogens is 3. The van der Waals surface area contributed by atoms with Crippen molar-refractivity contribution >= 4 is 0 Å². The minimum atomic E-state index is -4.30. The molecule has 1 aromatic carbocycles. The summed E-state index contributed by atoms with van der Waals surface area (Å²) in [6.45, 7) is 4.89. The lowest BCUT2D eigenvalue weighted by Crippen LogP contribution is -2.43. The highest BCUT2D eigenvalue weighted by molar-refractivity contribution is 5.29. The number of rotatable bonds is 3. The summed E-state index contributed by atoms with van der Waals surface area (Å²) in [6.07, 6.45) is -2.66. The first-order chi connectivity index (χ1) is 9.28. The van der Waals surface area contributed by atoms with E-state index in [1.165, 1.54) is 12.1 Å². The van der Waals surface area contributed by atoms with Crippen LogP contribution in [0.4, 0.5) is 13.2 Å². The maximum absolute atomic E-state index is 12.9. The molecule has 112 valence electrons. The predicted octanol–water partition coefficient (Wildman–Crippen LogP) is 3.75. The highest BCUT2D eigenvalue weighted by Crippen LogP contribution is 2.32. The summed E-state index contributed by atoms with van der Waals surface area (Å²) in [7, 11) is 0. The minimum absolute atomic E-state index is 0.194. The number of nitrogens with one attached hydrogen (secondary N) is 1. The van der Waals surface area contributed by atoms with E-state index >= 15 is 0 Å². The first-order valence-corrected chi connectivity index (χ1v) is 6.80. The van der Waals surface area contributed by atoms with Crippen LogP contribution in [-0.2, 0) is 17.5 Å². The molecule has 0 aromatic heterocycles. The zero-order chi connectivity index (χ0) is 14.8. The molecular formula is C15H20F3NO. The molecule has 0 saturated carbocycles. The van der Waals surface area contributed by atoms with Crippen molar-refractivity contribution in [3.05, 3.63) is 35.4 Å². The van der Waals surface area contributed by atoms with Crippen molar-refractivity contribution in [2.45, 2.75) is 51.1 Å². The van der Waals surface area contributed by atoms with Gasteiger partial charge in [-0.2, -0.15) is 13.2 Å². The van der Waals surface area contributed by atoms with Crippen molar-refractivity contribution in [3.8, 4) is 0 Å². The summed E-state index contributed by atoms with van der Waals surface area (Å²) < 4.78 is 44.3. The van der Waals surface area contributed by atoms with Crippen LogP contribution in [0.15, 0.2) is 24.3 Å². The summed E-state index contributed by atoms with van der Waals surface area (Å²) in [5, 5.41) is 3.23. The Kier molecular flexibility index (Phi) is 4.39. The largest absolute Gasteiger partial charge is 0.416 e. The first kappa shape index (κ1) is 15.3. The molecule has 1 atom stereocenters. The number of alkyl halides is 3. The van der Waals surface area contributed by atoms with Crippen molar-refractivity contribution < 1.29 is 17.9 Å². The summed E-state index contributed by atoms with van der Waals surface area (Å²) >= 11 is 0. The lowest BCUT2D eigenvalue weighted by atomic mass is 9.93. The van der Waals surface area contributed by atoms with Crippen LogP contribution in [0.1, 0.15) is 37.8 Å². The Hall–Kier alpha value is -1.07. The van der Waals surface area contributed by atoms with Gasteiger partial charge in [-0.3, -0.25) is 0 Å². The fourth-order valence-electron chi connectivity index (χ4n) is 2.61.